The summed E-state index contributed by atoms with van der Waals surface area (Å²) in [6, 6.07) is 3.79. The van der Waals surface area contributed by atoms with Gasteiger partial charge in [-0.1, -0.05) is 6.92 Å². The van der Waals surface area contributed by atoms with Gasteiger partial charge in [-0.15, -0.1) is 0 Å². The van der Waals surface area contributed by atoms with Gasteiger partial charge in [0, 0.05) is 5.75 Å². The van der Waals surface area contributed by atoms with Crippen LogP contribution in [0.4, 0.5) is 0 Å². The van der Waals surface area contributed by atoms with Gasteiger partial charge >= 0.3 is 5.97 Å². The molecule has 1 N–H and O–H groups in total. The Kier molecular flexibility index (Phi) is 5.58. The van der Waals surface area contributed by atoms with Crippen molar-refractivity contribution in [1.29, 1.82) is 0 Å². The molecule has 0 fully saturated rings. The summed E-state index contributed by atoms with van der Waals surface area (Å²) in [5, 5.41) is 3.16. The van der Waals surface area contributed by atoms with Crippen LogP contribution >= 0.6 is 11.8 Å². The third kappa shape index (κ3) is 4.09. The molecule has 1 aromatic heterocycles. The van der Waals surface area contributed by atoms with Gasteiger partial charge in [-0.25, -0.2) is 0 Å². The number of ether oxygens (including phenoxy) is 1. The van der Waals surface area contributed by atoms with Crippen LogP contribution in [0.15, 0.2) is 22.8 Å². The molecule has 5 heteroatoms. The van der Waals surface area contributed by atoms with Gasteiger partial charge in [-0.2, -0.15) is 11.8 Å². The molecule has 1 aromatic rings. The van der Waals surface area contributed by atoms with Crippen molar-refractivity contribution in [2.24, 2.45) is 0 Å². The van der Waals surface area contributed by atoms with Crippen molar-refractivity contribution in [1.82, 2.24) is 5.32 Å². The summed E-state index contributed by atoms with van der Waals surface area (Å²) in [5.74, 6) is 2.09. The molecule has 0 aliphatic rings. The van der Waals surface area contributed by atoms with E-state index in [4.69, 9.17) is 9.15 Å². The smallest absolute Gasteiger partial charge is 0.326 e. The maximum Gasteiger partial charge on any atom is 0.326 e. The highest BCUT2D eigenvalue weighted by Gasteiger charge is 2.33. The van der Waals surface area contributed by atoms with E-state index >= 15 is 0 Å². The maximum absolute atomic E-state index is 11.7. The fourth-order valence-electron chi connectivity index (χ4n) is 1.55. The highest BCUT2D eigenvalue weighted by Crippen LogP contribution is 2.19. The molecule has 0 spiro atoms. The van der Waals surface area contributed by atoms with Gasteiger partial charge in [0.1, 0.15) is 11.3 Å². The van der Waals surface area contributed by atoms with Gasteiger partial charge in [0.05, 0.1) is 19.1 Å². The molecule has 0 amide bonds. The van der Waals surface area contributed by atoms with Crippen LogP contribution in [0.1, 0.15) is 19.6 Å². The molecule has 96 valence electrons. The van der Waals surface area contributed by atoms with Gasteiger partial charge in [-0.05, 0) is 25.6 Å². The largest absolute Gasteiger partial charge is 0.468 e. The first-order chi connectivity index (χ1) is 8.12. The average molecular weight is 257 g/mol. The lowest BCUT2D eigenvalue weighted by atomic mass is 10.1. The zero-order chi connectivity index (χ0) is 12.7. The highest BCUT2D eigenvalue weighted by atomic mass is 32.2. The quantitative estimate of drug-likeness (QED) is 0.758. The first kappa shape index (κ1) is 14.1. The lowest BCUT2D eigenvalue weighted by molar-refractivity contribution is -0.146. The van der Waals surface area contributed by atoms with Gasteiger partial charge < -0.3 is 14.5 Å². The monoisotopic (exact) mass is 257 g/mol. The molecular formula is C12H19NO3S. The summed E-state index contributed by atoms with van der Waals surface area (Å²) in [6.45, 7) is 4.56. The summed E-state index contributed by atoms with van der Waals surface area (Å²) in [5.41, 5.74) is -0.638. The number of methoxy groups -OCH3 is 1. The van der Waals surface area contributed by atoms with Crippen molar-refractivity contribution in [3.63, 3.8) is 0 Å². The molecule has 0 aliphatic carbocycles. The molecule has 0 saturated carbocycles. The third-order valence-electron chi connectivity index (χ3n) is 2.42. The van der Waals surface area contributed by atoms with E-state index in [2.05, 4.69) is 5.32 Å². The van der Waals surface area contributed by atoms with Crippen LogP contribution in [0.3, 0.4) is 0 Å². The maximum atomic E-state index is 11.7. The molecule has 0 radical (unpaired) electrons. The molecule has 17 heavy (non-hydrogen) atoms. The van der Waals surface area contributed by atoms with Gasteiger partial charge in [0.25, 0.3) is 0 Å². The number of carbonyl (C=O) groups excluding carboxylic acids is 1. The second-order valence-electron chi connectivity index (χ2n) is 3.93. The minimum Gasteiger partial charge on any atom is -0.468 e. The van der Waals surface area contributed by atoms with E-state index in [0.29, 0.717) is 5.75 Å². The average Bonchev–Trinajstić information content (AvgIpc) is 2.81. The van der Waals surface area contributed by atoms with Gasteiger partial charge in [0.2, 0.25) is 0 Å². The number of hydrogen-bond acceptors (Lipinski definition) is 5. The Balaban J connectivity index is 2.46. The van der Waals surface area contributed by atoms with E-state index in [0.717, 1.165) is 18.1 Å². The second kappa shape index (κ2) is 6.71. The summed E-state index contributed by atoms with van der Waals surface area (Å²) >= 11 is 1.64. The minimum absolute atomic E-state index is 0.230. The lowest BCUT2D eigenvalue weighted by Gasteiger charge is -2.26. The molecule has 1 unspecified atom stereocenters. The standard InChI is InChI=1S/C12H19NO3S/c1-4-13-12(2,11(14)15-3)9-17-8-10-6-5-7-16-10/h5-7,13H,4,8-9H2,1-3H3. The Bertz CT molecular complexity index is 340. The lowest BCUT2D eigenvalue weighted by Crippen LogP contribution is -2.52. The SMILES string of the molecule is CCNC(C)(CSCc1ccco1)C(=O)OC. The molecule has 0 aliphatic heterocycles. The predicted molar refractivity (Wildman–Crippen MR) is 69.0 cm³/mol. The Morgan fingerprint density at radius 1 is 1.65 bits per heavy atom. The van der Waals surface area contributed by atoms with Crippen LogP contribution in [0, 0.1) is 0 Å². The molecule has 0 saturated heterocycles. The van der Waals surface area contributed by atoms with E-state index in [1.165, 1.54) is 7.11 Å². The number of carbonyl (C=O) groups is 1. The van der Waals surface area contributed by atoms with Crippen molar-refractivity contribution >= 4 is 17.7 Å². The van der Waals surface area contributed by atoms with E-state index in [1.54, 1.807) is 18.0 Å². The van der Waals surface area contributed by atoms with Crippen LogP contribution < -0.4 is 5.32 Å². The fourth-order valence-corrected chi connectivity index (χ4v) is 2.64. The minimum atomic E-state index is -0.638. The number of thioether (sulfide) groups is 1. The molecule has 1 rings (SSSR count). The van der Waals surface area contributed by atoms with Crippen molar-refractivity contribution < 1.29 is 13.9 Å². The first-order valence-corrected chi connectivity index (χ1v) is 6.71. The van der Waals surface area contributed by atoms with Crippen molar-refractivity contribution in [3.05, 3.63) is 24.2 Å². The number of furan rings is 1. The van der Waals surface area contributed by atoms with Crippen LogP contribution in [0.5, 0.6) is 0 Å². The second-order valence-corrected chi connectivity index (χ2v) is 4.91. The fraction of sp³-hybridized carbons (Fsp3) is 0.583. The molecular weight excluding hydrogens is 238 g/mol. The van der Waals surface area contributed by atoms with Crippen molar-refractivity contribution in [3.8, 4) is 0 Å². The number of hydrogen-bond donors (Lipinski definition) is 1. The zero-order valence-corrected chi connectivity index (χ0v) is 11.3. The first-order valence-electron chi connectivity index (χ1n) is 5.56. The Morgan fingerprint density at radius 3 is 2.94 bits per heavy atom. The summed E-state index contributed by atoms with van der Waals surface area (Å²) < 4.78 is 10.1. The number of rotatable bonds is 7. The molecule has 1 atom stereocenters. The molecule has 0 aromatic carbocycles. The van der Waals surface area contributed by atoms with Crippen molar-refractivity contribution in [2.75, 3.05) is 19.4 Å². The Morgan fingerprint density at radius 2 is 2.41 bits per heavy atom. The van der Waals surface area contributed by atoms with E-state index in [-0.39, 0.29) is 5.97 Å². The molecule has 4 nitrogen and oxygen atoms in total. The van der Waals surface area contributed by atoms with E-state index in [9.17, 15) is 4.79 Å². The third-order valence-corrected chi connectivity index (χ3v) is 3.69. The summed E-state index contributed by atoms with van der Waals surface area (Å²) in [6.07, 6.45) is 1.65. The summed E-state index contributed by atoms with van der Waals surface area (Å²) in [7, 11) is 1.41. The predicted octanol–water partition coefficient (Wildman–Crippen LogP) is 2.05. The summed E-state index contributed by atoms with van der Waals surface area (Å²) in [4.78, 5) is 11.7. The zero-order valence-electron chi connectivity index (χ0n) is 10.5. The topological polar surface area (TPSA) is 51.5 Å². The molecule has 0 bridgehead atoms. The normalized spacial score (nSPS) is 14.3. The van der Waals surface area contributed by atoms with Crippen LogP contribution in [0.2, 0.25) is 0 Å². The number of esters is 1. The number of likely N-dealkylation sites (N-methyl/N-ethyl adjacent to an activating group) is 1. The van der Waals surface area contributed by atoms with Crippen LogP contribution in [-0.4, -0.2) is 30.9 Å². The van der Waals surface area contributed by atoms with Crippen LogP contribution in [-0.2, 0) is 15.3 Å². The highest BCUT2D eigenvalue weighted by molar-refractivity contribution is 7.98. The van der Waals surface area contributed by atoms with Crippen molar-refractivity contribution in [2.45, 2.75) is 25.1 Å². The molecule has 1 heterocycles. The Hall–Kier alpha value is -0.940. The Labute approximate surface area is 106 Å². The van der Waals surface area contributed by atoms with Crippen LogP contribution in [0.25, 0.3) is 0 Å². The van der Waals surface area contributed by atoms with Gasteiger partial charge in [0.15, 0.2) is 0 Å². The van der Waals surface area contributed by atoms with Gasteiger partial charge in [-0.3, -0.25) is 4.79 Å². The number of nitrogens with one attached hydrogen (secondary N) is 1. The van der Waals surface area contributed by atoms with E-state index in [1.807, 2.05) is 26.0 Å². The van der Waals surface area contributed by atoms with E-state index < -0.39 is 5.54 Å².